The van der Waals surface area contributed by atoms with Gasteiger partial charge in [-0.3, -0.25) is 9.69 Å². The largest absolute Gasteiger partial charge is 0.468 e. The number of carbonyl (C=O) groups excluding carboxylic acids is 1. The minimum atomic E-state index is -0.493. The zero-order valence-corrected chi connectivity index (χ0v) is 9.03. The second-order valence-electron chi connectivity index (χ2n) is 3.83. The molecule has 14 heavy (non-hydrogen) atoms. The normalized spacial score (nSPS) is 24.9. The van der Waals surface area contributed by atoms with Crippen LogP contribution in [0.4, 0.5) is 0 Å². The van der Waals surface area contributed by atoms with Crippen LogP contribution in [-0.2, 0) is 9.53 Å². The molecule has 1 aliphatic heterocycles. The van der Waals surface area contributed by atoms with E-state index in [0.717, 1.165) is 13.0 Å². The number of rotatable bonds is 4. The lowest BCUT2D eigenvalue weighted by Gasteiger charge is -2.25. The number of methoxy groups -OCH3 is 1. The summed E-state index contributed by atoms with van der Waals surface area (Å²) in [6.07, 6.45) is 3.57. The van der Waals surface area contributed by atoms with Crippen LogP contribution in [0.3, 0.4) is 0 Å². The van der Waals surface area contributed by atoms with E-state index >= 15 is 0 Å². The molecule has 0 saturated carbocycles. The fourth-order valence-electron chi connectivity index (χ4n) is 2.08. The molecule has 4 heteroatoms. The van der Waals surface area contributed by atoms with Gasteiger partial charge in [-0.2, -0.15) is 0 Å². The molecule has 0 radical (unpaired) electrons. The fraction of sp³-hybridized carbons (Fsp3) is 0.900. The van der Waals surface area contributed by atoms with Gasteiger partial charge in [0, 0.05) is 12.6 Å². The van der Waals surface area contributed by atoms with Crippen molar-refractivity contribution in [2.24, 2.45) is 5.73 Å². The number of nitrogens with two attached hydrogens (primary N) is 1. The van der Waals surface area contributed by atoms with Crippen molar-refractivity contribution in [3.63, 3.8) is 0 Å². The molecule has 1 aliphatic rings. The summed E-state index contributed by atoms with van der Waals surface area (Å²) in [5.74, 6) is -0.313. The van der Waals surface area contributed by atoms with Crippen molar-refractivity contribution in [1.29, 1.82) is 0 Å². The first-order valence-corrected chi connectivity index (χ1v) is 5.26. The van der Waals surface area contributed by atoms with Crippen LogP contribution >= 0.6 is 0 Å². The van der Waals surface area contributed by atoms with E-state index < -0.39 is 6.04 Å². The van der Waals surface area contributed by atoms with Gasteiger partial charge in [-0.1, -0.05) is 6.92 Å². The first kappa shape index (κ1) is 11.5. The maximum Gasteiger partial charge on any atom is 0.323 e. The highest BCUT2D eigenvalue weighted by Gasteiger charge is 2.26. The van der Waals surface area contributed by atoms with Gasteiger partial charge in [0.25, 0.3) is 0 Å². The standard InChI is InChI=1S/C10H20N2O2/c1-3-8-5-4-6-12(8)7-9(11)10(13)14-2/h8-9H,3-7,11H2,1-2H3. The Bertz CT molecular complexity index is 197. The zero-order valence-electron chi connectivity index (χ0n) is 9.03. The molecule has 0 spiro atoms. The van der Waals surface area contributed by atoms with Crippen LogP contribution in [0.25, 0.3) is 0 Å². The molecule has 2 unspecified atom stereocenters. The average Bonchev–Trinajstić information content (AvgIpc) is 2.63. The quantitative estimate of drug-likeness (QED) is 0.666. The summed E-state index contributed by atoms with van der Waals surface area (Å²) >= 11 is 0. The van der Waals surface area contributed by atoms with Crippen molar-refractivity contribution in [3.8, 4) is 0 Å². The van der Waals surface area contributed by atoms with Gasteiger partial charge >= 0.3 is 5.97 Å². The van der Waals surface area contributed by atoms with E-state index in [0.29, 0.717) is 12.6 Å². The lowest BCUT2D eigenvalue weighted by Crippen LogP contribution is -2.44. The molecule has 1 rings (SSSR count). The van der Waals surface area contributed by atoms with E-state index in [-0.39, 0.29) is 5.97 Å². The van der Waals surface area contributed by atoms with Crippen molar-refractivity contribution < 1.29 is 9.53 Å². The van der Waals surface area contributed by atoms with E-state index in [9.17, 15) is 4.79 Å². The van der Waals surface area contributed by atoms with Crippen molar-refractivity contribution in [2.75, 3.05) is 20.2 Å². The minimum absolute atomic E-state index is 0.313. The maximum absolute atomic E-state index is 11.1. The van der Waals surface area contributed by atoms with Gasteiger partial charge < -0.3 is 10.5 Å². The molecular formula is C10H20N2O2. The first-order chi connectivity index (χ1) is 6.69. The molecule has 2 atom stereocenters. The second kappa shape index (κ2) is 5.32. The molecule has 2 N–H and O–H groups in total. The Morgan fingerprint density at radius 3 is 3.00 bits per heavy atom. The van der Waals surface area contributed by atoms with E-state index in [1.807, 2.05) is 0 Å². The molecule has 0 aliphatic carbocycles. The topological polar surface area (TPSA) is 55.6 Å². The molecule has 82 valence electrons. The molecule has 1 heterocycles. The predicted molar refractivity (Wildman–Crippen MR) is 54.9 cm³/mol. The van der Waals surface area contributed by atoms with Gasteiger partial charge in [-0.15, -0.1) is 0 Å². The van der Waals surface area contributed by atoms with Gasteiger partial charge in [-0.25, -0.2) is 0 Å². The van der Waals surface area contributed by atoms with Crippen molar-refractivity contribution >= 4 is 5.97 Å². The minimum Gasteiger partial charge on any atom is -0.468 e. The maximum atomic E-state index is 11.1. The summed E-state index contributed by atoms with van der Waals surface area (Å²) in [5.41, 5.74) is 5.71. The molecule has 1 fully saturated rings. The summed E-state index contributed by atoms with van der Waals surface area (Å²) in [6, 6.07) is 0.109. The fourth-order valence-corrected chi connectivity index (χ4v) is 2.08. The first-order valence-electron chi connectivity index (χ1n) is 5.26. The van der Waals surface area contributed by atoms with E-state index in [1.54, 1.807) is 0 Å². The number of carbonyl (C=O) groups is 1. The number of likely N-dealkylation sites (tertiary alicyclic amines) is 1. The van der Waals surface area contributed by atoms with Crippen molar-refractivity contribution in [3.05, 3.63) is 0 Å². The highest BCUT2D eigenvalue weighted by Crippen LogP contribution is 2.19. The third kappa shape index (κ3) is 2.69. The smallest absolute Gasteiger partial charge is 0.323 e. The number of hydrogen-bond donors (Lipinski definition) is 1. The molecular weight excluding hydrogens is 180 g/mol. The van der Waals surface area contributed by atoms with Gasteiger partial charge in [0.1, 0.15) is 6.04 Å². The lowest BCUT2D eigenvalue weighted by atomic mass is 10.1. The summed E-state index contributed by atoms with van der Waals surface area (Å²) < 4.78 is 4.60. The average molecular weight is 200 g/mol. The Morgan fingerprint density at radius 2 is 2.43 bits per heavy atom. The molecule has 1 saturated heterocycles. The number of esters is 1. The van der Waals surface area contributed by atoms with Gasteiger partial charge in [-0.05, 0) is 25.8 Å². The second-order valence-corrected chi connectivity index (χ2v) is 3.83. The van der Waals surface area contributed by atoms with Crippen LogP contribution in [0.1, 0.15) is 26.2 Å². The highest BCUT2D eigenvalue weighted by molar-refractivity contribution is 5.75. The monoisotopic (exact) mass is 200 g/mol. The van der Waals surface area contributed by atoms with Crippen molar-refractivity contribution in [1.82, 2.24) is 4.90 Å². The SMILES string of the molecule is CCC1CCCN1CC(N)C(=O)OC. The molecule has 0 aromatic heterocycles. The predicted octanol–water partition coefficient (Wildman–Crippen LogP) is 0.361. The van der Waals surface area contributed by atoms with Gasteiger partial charge in [0.05, 0.1) is 7.11 Å². The van der Waals surface area contributed by atoms with Crippen LogP contribution in [-0.4, -0.2) is 43.2 Å². The Balaban J connectivity index is 2.39. The van der Waals surface area contributed by atoms with Crippen LogP contribution < -0.4 is 5.73 Å². The Labute approximate surface area is 85.4 Å². The summed E-state index contributed by atoms with van der Waals surface area (Å²) in [7, 11) is 1.38. The Morgan fingerprint density at radius 1 is 1.71 bits per heavy atom. The third-order valence-electron chi connectivity index (χ3n) is 2.91. The molecule has 0 bridgehead atoms. The Hall–Kier alpha value is -0.610. The summed E-state index contributed by atoms with van der Waals surface area (Å²) in [4.78, 5) is 13.4. The third-order valence-corrected chi connectivity index (χ3v) is 2.91. The number of ether oxygens (including phenoxy) is 1. The Kier molecular flexibility index (Phi) is 4.35. The van der Waals surface area contributed by atoms with E-state index in [1.165, 1.54) is 20.0 Å². The molecule has 0 amide bonds. The van der Waals surface area contributed by atoms with Gasteiger partial charge in [0.2, 0.25) is 0 Å². The van der Waals surface area contributed by atoms with Crippen LogP contribution in [0.5, 0.6) is 0 Å². The summed E-state index contributed by atoms with van der Waals surface area (Å²) in [5, 5.41) is 0. The summed E-state index contributed by atoms with van der Waals surface area (Å²) in [6.45, 7) is 3.86. The molecule has 0 aromatic rings. The number of hydrogen-bond acceptors (Lipinski definition) is 4. The van der Waals surface area contributed by atoms with Crippen LogP contribution in [0, 0.1) is 0 Å². The van der Waals surface area contributed by atoms with E-state index in [4.69, 9.17) is 5.73 Å². The highest BCUT2D eigenvalue weighted by atomic mass is 16.5. The van der Waals surface area contributed by atoms with Crippen LogP contribution in [0.2, 0.25) is 0 Å². The number of nitrogens with zero attached hydrogens (tertiary/aromatic N) is 1. The molecule has 0 aromatic carbocycles. The zero-order chi connectivity index (χ0) is 10.6. The lowest BCUT2D eigenvalue weighted by molar-refractivity contribution is -0.142. The van der Waals surface area contributed by atoms with E-state index in [2.05, 4.69) is 16.6 Å². The van der Waals surface area contributed by atoms with Crippen LogP contribution in [0.15, 0.2) is 0 Å². The van der Waals surface area contributed by atoms with Gasteiger partial charge in [0.15, 0.2) is 0 Å². The molecule has 4 nitrogen and oxygen atoms in total. The van der Waals surface area contributed by atoms with Crippen molar-refractivity contribution in [2.45, 2.75) is 38.3 Å².